The standard InChI is InChI=1S/C14H19N3O/c1-16-13(18)6-3-8-17-9-7-11-4-2-5-12(10-15)14(11)17/h2,4-5,7,9H,3,6,8,10,15H2,1H3,(H,16,18). The summed E-state index contributed by atoms with van der Waals surface area (Å²) in [5.41, 5.74) is 8.11. The second kappa shape index (κ2) is 5.69. The molecule has 0 radical (unpaired) electrons. The number of amides is 1. The Balaban J connectivity index is 2.16. The summed E-state index contributed by atoms with van der Waals surface area (Å²) < 4.78 is 2.18. The van der Waals surface area contributed by atoms with E-state index < -0.39 is 0 Å². The summed E-state index contributed by atoms with van der Waals surface area (Å²) in [6.45, 7) is 1.38. The van der Waals surface area contributed by atoms with Gasteiger partial charge in [0.05, 0.1) is 5.52 Å². The van der Waals surface area contributed by atoms with Crippen molar-refractivity contribution in [3.63, 3.8) is 0 Å². The van der Waals surface area contributed by atoms with Crippen molar-refractivity contribution in [1.82, 2.24) is 9.88 Å². The van der Waals surface area contributed by atoms with E-state index in [2.05, 4.69) is 34.3 Å². The van der Waals surface area contributed by atoms with Gasteiger partial charge in [0.2, 0.25) is 5.91 Å². The molecule has 4 nitrogen and oxygen atoms in total. The smallest absolute Gasteiger partial charge is 0.219 e. The van der Waals surface area contributed by atoms with Gasteiger partial charge in [-0.25, -0.2) is 0 Å². The van der Waals surface area contributed by atoms with Gasteiger partial charge in [0, 0.05) is 32.8 Å². The number of aryl methyl sites for hydroxylation is 1. The molecule has 2 aromatic rings. The Kier molecular flexibility index (Phi) is 3.99. The van der Waals surface area contributed by atoms with Crippen LogP contribution in [-0.2, 0) is 17.9 Å². The molecule has 0 spiro atoms. The average molecular weight is 245 g/mol. The lowest BCUT2D eigenvalue weighted by Crippen LogP contribution is -2.17. The zero-order valence-corrected chi connectivity index (χ0v) is 10.6. The third kappa shape index (κ3) is 2.54. The minimum Gasteiger partial charge on any atom is -0.359 e. The number of hydrogen-bond donors (Lipinski definition) is 2. The molecule has 0 aliphatic rings. The average Bonchev–Trinajstić information content (AvgIpc) is 2.82. The second-order valence-electron chi connectivity index (χ2n) is 4.34. The van der Waals surface area contributed by atoms with E-state index in [1.807, 2.05) is 6.07 Å². The molecule has 0 unspecified atom stereocenters. The van der Waals surface area contributed by atoms with Crippen LogP contribution in [0.3, 0.4) is 0 Å². The normalized spacial score (nSPS) is 10.8. The van der Waals surface area contributed by atoms with E-state index in [-0.39, 0.29) is 5.91 Å². The van der Waals surface area contributed by atoms with Gasteiger partial charge in [-0.05, 0) is 23.4 Å². The van der Waals surface area contributed by atoms with Crippen molar-refractivity contribution in [2.24, 2.45) is 5.73 Å². The molecule has 2 rings (SSSR count). The minimum absolute atomic E-state index is 0.0884. The Morgan fingerprint density at radius 1 is 1.39 bits per heavy atom. The van der Waals surface area contributed by atoms with E-state index in [1.54, 1.807) is 7.05 Å². The Labute approximate surface area is 107 Å². The number of nitrogens with zero attached hydrogens (tertiary/aromatic N) is 1. The quantitative estimate of drug-likeness (QED) is 0.841. The Hall–Kier alpha value is -1.81. The first-order valence-electron chi connectivity index (χ1n) is 6.23. The van der Waals surface area contributed by atoms with Crippen LogP contribution in [0.25, 0.3) is 10.9 Å². The summed E-state index contributed by atoms with van der Waals surface area (Å²) in [7, 11) is 1.67. The number of fused-ring (bicyclic) bond motifs is 1. The van der Waals surface area contributed by atoms with Crippen molar-refractivity contribution in [1.29, 1.82) is 0 Å². The lowest BCUT2D eigenvalue weighted by atomic mass is 10.1. The molecular weight excluding hydrogens is 226 g/mol. The molecule has 0 atom stereocenters. The zero-order valence-electron chi connectivity index (χ0n) is 10.6. The lowest BCUT2D eigenvalue weighted by molar-refractivity contribution is -0.120. The highest BCUT2D eigenvalue weighted by molar-refractivity contribution is 5.83. The van der Waals surface area contributed by atoms with Crippen molar-refractivity contribution in [3.05, 3.63) is 36.0 Å². The van der Waals surface area contributed by atoms with Gasteiger partial charge in [0.15, 0.2) is 0 Å². The predicted octanol–water partition coefficient (Wildman–Crippen LogP) is 1.63. The number of rotatable bonds is 5. The number of aromatic nitrogens is 1. The second-order valence-corrected chi connectivity index (χ2v) is 4.34. The molecule has 0 bridgehead atoms. The van der Waals surface area contributed by atoms with E-state index in [4.69, 9.17) is 5.73 Å². The summed E-state index contributed by atoms with van der Waals surface area (Å²) in [6.07, 6.45) is 3.46. The van der Waals surface area contributed by atoms with E-state index in [1.165, 1.54) is 10.9 Å². The number of benzene rings is 1. The third-order valence-electron chi connectivity index (χ3n) is 3.17. The van der Waals surface area contributed by atoms with Crippen LogP contribution in [0.2, 0.25) is 0 Å². The molecule has 1 aromatic heterocycles. The molecule has 1 aromatic carbocycles. The van der Waals surface area contributed by atoms with Crippen LogP contribution < -0.4 is 11.1 Å². The van der Waals surface area contributed by atoms with E-state index in [0.29, 0.717) is 13.0 Å². The molecule has 1 amide bonds. The highest BCUT2D eigenvalue weighted by atomic mass is 16.1. The van der Waals surface area contributed by atoms with Crippen molar-refractivity contribution >= 4 is 16.8 Å². The lowest BCUT2D eigenvalue weighted by Gasteiger charge is -2.08. The molecule has 0 saturated heterocycles. The highest BCUT2D eigenvalue weighted by Gasteiger charge is 2.06. The molecule has 4 heteroatoms. The maximum Gasteiger partial charge on any atom is 0.219 e. The van der Waals surface area contributed by atoms with Gasteiger partial charge in [-0.1, -0.05) is 18.2 Å². The molecular formula is C14H19N3O. The fraction of sp³-hybridized carbons (Fsp3) is 0.357. The van der Waals surface area contributed by atoms with Crippen molar-refractivity contribution in [2.75, 3.05) is 7.05 Å². The van der Waals surface area contributed by atoms with Crippen molar-refractivity contribution in [2.45, 2.75) is 25.9 Å². The van der Waals surface area contributed by atoms with Crippen molar-refractivity contribution < 1.29 is 4.79 Å². The number of carbonyl (C=O) groups is 1. The summed E-state index contributed by atoms with van der Waals surface area (Å²) >= 11 is 0. The molecule has 18 heavy (non-hydrogen) atoms. The molecule has 1 heterocycles. The first kappa shape index (κ1) is 12.6. The topological polar surface area (TPSA) is 60.0 Å². The summed E-state index contributed by atoms with van der Waals surface area (Å²) in [5, 5.41) is 3.84. The number of para-hydroxylation sites is 1. The van der Waals surface area contributed by atoms with Crippen LogP contribution in [0.4, 0.5) is 0 Å². The van der Waals surface area contributed by atoms with Gasteiger partial charge in [-0.2, -0.15) is 0 Å². The Morgan fingerprint density at radius 2 is 2.22 bits per heavy atom. The minimum atomic E-state index is 0.0884. The van der Waals surface area contributed by atoms with E-state index >= 15 is 0 Å². The number of hydrogen-bond acceptors (Lipinski definition) is 2. The van der Waals surface area contributed by atoms with Gasteiger partial charge in [0.1, 0.15) is 0 Å². The summed E-state index contributed by atoms with van der Waals surface area (Å²) in [5.74, 6) is 0.0884. The van der Waals surface area contributed by atoms with Gasteiger partial charge in [0.25, 0.3) is 0 Å². The number of nitrogens with two attached hydrogens (primary N) is 1. The van der Waals surface area contributed by atoms with Crippen LogP contribution in [0.5, 0.6) is 0 Å². The van der Waals surface area contributed by atoms with Crippen LogP contribution in [-0.4, -0.2) is 17.5 Å². The molecule has 0 fully saturated rings. The molecule has 3 N–H and O–H groups in total. The maximum absolute atomic E-state index is 11.2. The van der Waals surface area contributed by atoms with E-state index in [0.717, 1.165) is 18.5 Å². The first-order chi connectivity index (χ1) is 8.76. The van der Waals surface area contributed by atoms with Crippen LogP contribution in [0.15, 0.2) is 30.5 Å². The summed E-state index contributed by atoms with van der Waals surface area (Å²) in [6, 6.07) is 8.26. The fourth-order valence-corrected chi connectivity index (χ4v) is 2.23. The zero-order chi connectivity index (χ0) is 13.0. The van der Waals surface area contributed by atoms with Crippen LogP contribution in [0, 0.1) is 0 Å². The van der Waals surface area contributed by atoms with Gasteiger partial charge >= 0.3 is 0 Å². The van der Waals surface area contributed by atoms with Gasteiger partial charge in [-0.3, -0.25) is 4.79 Å². The third-order valence-corrected chi connectivity index (χ3v) is 3.17. The van der Waals surface area contributed by atoms with Crippen LogP contribution in [0.1, 0.15) is 18.4 Å². The molecule has 0 aliphatic carbocycles. The Bertz CT molecular complexity index is 545. The largest absolute Gasteiger partial charge is 0.359 e. The number of nitrogens with one attached hydrogen (secondary N) is 1. The predicted molar refractivity (Wildman–Crippen MR) is 73.1 cm³/mol. The number of carbonyl (C=O) groups excluding carboxylic acids is 1. The molecule has 0 saturated carbocycles. The van der Waals surface area contributed by atoms with Gasteiger partial charge in [-0.15, -0.1) is 0 Å². The fourth-order valence-electron chi connectivity index (χ4n) is 2.23. The SMILES string of the molecule is CNC(=O)CCCn1ccc2cccc(CN)c21. The maximum atomic E-state index is 11.2. The Morgan fingerprint density at radius 3 is 2.94 bits per heavy atom. The summed E-state index contributed by atoms with van der Waals surface area (Å²) in [4.78, 5) is 11.2. The van der Waals surface area contributed by atoms with Crippen LogP contribution >= 0.6 is 0 Å². The first-order valence-corrected chi connectivity index (χ1v) is 6.23. The van der Waals surface area contributed by atoms with Crippen molar-refractivity contribution in [3.8, 4) is 0 Å². The van der Waals surface area contributed by atoms with E-state index in [9.17, 15) is 4.79 Å². The molecule has 0 aliphatic heterocycles. The highest BCUT2D eigenvalue weighted by Crippen LogP contribution is 2.20. The monoisotopic (exact) mass is 245 g/mol. The molecule has 96 valence electrons. The van der Waals surface area contributed by atoms with Gasteiger partial charge < -0.3 is 15.6 Å².